The molecular formula is C16H24FNO2. The van der Waals surface area contributed by atoms with Crippen LogP contribution in [0.2, 0.25) is 0 Å². The number of hydrogen-bond acceptors (Lipinski definition) is 3. The molecule has 1 saturated carbocycles. The third kappa shape index (κ3) is 2.81. The average Bonchev–Trinajstić information content (AvgIpc) is 2.37. The minimum Gasteiger partial charge on any atom is -0.508 e. The topological polar surface area (TPSA) is 41.5 Å². The smallest absolute Gasteiger partial charge is 0.131 e. The van der Waals surface area contributed by atoms with E-state index in [1.54, 1.807) is 6.07 Å². The number of halogens is 1. The highest BCUT2D eigenvalue weighted by Crippen LogP contribution is 2.43. The summed E-state index contributed by atoms with van der Waals surface area (Å²) in [7, 11) is 0. The van der Waals surface area contributed by atoms with Crippen molar-refractivity contribution in [3.8, 4) is 5.75 Å². The van der Waals surface area contributed by atoms with Crippen molar-refractivity contribution in [2.24, 2.45) is 5.41 Å². The Hall–Kier alpha value is -1.13. The molecule has 0 heterocycles. The lowest BCUT2D eigenvalue weighted by atomic mass is 9.64. The Morgan fingerprint density at radius 2 is 2.20 bits per heavy atom. The summed E-state index contributed by atoms with van der Waals surface area (Å²) in [6.07, 6.45) is 1.21. The predicted molar refractivity (Wildman–Crippen MR) is 77.2 cm³/mol. The lowest BCUT2D eigenvalue weighted by Gasteiger charge is -2.52. The highest BCUT2D eigenvalue weighted by molar-refractivity contribution is 5.29. The third-order valence-electron chi connectivity index (χ3n) is 4.45. The van der Waals surface area contributed by atoms with Crippen molar-refractivity contribution in [3.05, 3.63) is 29.6 Å². The summed E-state index contributed by atoms with van der Waals surface area (Å²) < 4.78 is 19.5. The molecule has 0 aromatic heterocycles. The molecule has 3 atom stereocenters. The number of aromatic hydroxyl groups is 1. The molecule has 2 rings (SSSR count). The van der Waals surface area contributed by atoms with E-state index in [4.69, 9.17) is 4.74 Å². The Morgan fingerprint density at radius 1 is 1.50 bits per heavy atom. The van der Waals surface area contributed by atoms with E-state index in [0.29, 0.717) is 11.6 Å². The molecule has 4 heteroatoms. The van der Waals surface area contributed by atoms with E-state index in [9.17, 15) is 9.50 Å². The van der Waals surface area contributed by atoms with Crippen LogP contribution in [-0.2, 0) is 4.74 Å². The molecule has 0 amide bonds. The summed E-state index contributed by atoms with van der Waals surface area (Å²) in [6.45, 7) is 9.02. The van der Waals surface area contributed by atoms with Gasteiger partial charge < -0.3 is 15.2 Å². The SMILES string of the molecule is CCOC1CC(NC(C)c2ccc(O)cc2F)C1(C)C. The van der Waals surface area contributed by atoms with Crippen LogP contribution in [0.15, 0.2) is 18.2 Å². The van der Waals surface area contributed by atoms with E-state index >= 15 is 0 Å². The van der Waals surface area contributed by atoms with Crippen molar-refractivity contribution >= 4 is 0 Å². The Balaban J connectivity index is 2.01. The van der Waals surface area contributed by atoms with E-state index < -0.39 is 0 Å². The van der Waals surface area contributed by atoms with Crippen LogP contribution in [0.25, 0.3) is 0 Å². The number of phenolic OH excluding ortho intramolecular Hbond substituents is 1. The molecule has 1 fully saturated rings. The fourth-order valence-electron chi connectivity index (χ4n) is 2.91. The standard InChI is InChI=1S/C16H24FNO2/c1-5-20-15-9-14(16(15,3)4)18-10(2)12-7-6-11(19)8-13(12)17/h6-8,10,14-15,18-19H,5,9H2,1-4H3. The second kappa shape index (κ2) is 5.70. The zero-order valence-electron chi connectivity index (χ0n) is 12.6. The minimum atomic E-state index is -0.372. The number of ether oxygens (including phenoxy) is 1. The third-order valence-corrected chi connectivity index (χ3v) is 4.45. The minimum absolute atomic E-state index is 0.0427. The number of nitrogens with one attached hydrogen (secondary N) is 1. The highest BCUT2D eigenvalue weighted by Gasteiger charge is 2.49. The molecule has 1 aromatic carbocycles. The van der Waals surface area contributed by atoms with Crippen LogP contribution in [0.3, 0.4) is 0 Å². The van der Waals surface area contributed by atoms with Gasteiger partial charge in [-0.15, -0.1) is 0 Å². The zero-order chi connectivity index (χ0) is 14.9. The normalized spacial score (nSPS) is 26.1. The van der Waals surface area contributed by atoms with Gasteiger partial charge in [-0.25, -0.2) is 4.39 Å². The van der Waals surface area contributed by atoms with Crippen LogP contribution >= 0.6 is 0 Å². The van der Waals surface area contributed by atoms with Crippen molar-refractivity contribution in [2.75, 3.05) is 6.61 Å². The first-order chi connectivity index (χ1) is 9.36. The molecule has 0 bridgehead atoms. The Kier molecular flexibility index (Phi) is 4.35. The largest absolute Gasteiger partial charge is 0.508 e. The van der Waals surface area contributed by atoms with Gasteiger partial charge in [0.2, 0.25) is 0 Å². The van der Waals surface area contributed by atoms with Gasteiger partial charge in [0.1, 0.15) is 11.6 Å². The van der Waals surface area contributed by atoms with Gasteiger partial charge in [0.15, 0.2) is 0 Å². The van der Waals surface area contributed by atoms with Gasteiger partial charge >= 0.3 is 0 Å². The van der Waals surface area contributed by atoms with Crippen molar-refractivity contribution in [3.63, 3.8) is 0 Å². The van der Waals surface area contributed by atoms with Crippen LogP contribution in [0.5, 0.6) is 5.75 Å². The average molecular weight is 281 g/mol. The Bertz CT molecular complexity index is 476. The van der Waals surface area contributed by atoms with Gasteiger partial charge in [-0.1, -0.05) is 19.9 Å². The summed E-state index contributed by atoms with van der Waals surface area (Å²) in [5.74, 6) is -0.415. The molecule has 1 aromatic rings. The van der Waals surface area contributed by atoms with E-state index in [1.807, 2.05) is 13.8 Å². The number of rotatable bonds is 5. The highest BCUT2D eigenvalue weighted by atomic mass is 19.1. The van der Waals surface area contributed by atoms with Gasteiger partial charge in [0.25, 0.3) is 0 Å². The molecule has 1 aliphatic carbocycles. The fraction of sp³-hybridized carbons (Fsp3) is 0.625. The van der Waals surface area contributed by atoms with E-state index in [1.165, 1.54) is 6.07 Å². The summed E-state index contributed by atoms with van der Waals surface area (Å²) in [6, 6.07) is 4.52. The maximum Gasteiger partial charge on any atom is 0.131 e. The molecule has 3 unspecified atom stereocenters. The number of benzene rings is 1. The molecule has 0 radical (unpaired) electrons. The van der Waals surface area contributed by atoms with Gasteiger partial charge in [-0.05, 0) is 26.3 Å². The summed E-state index contributed by atoms with van der Waals surface area (Å²) >= 11 is 0. The molecular weight excluding hydrogens is 257 g/mol. The van der Waals surface area contributed by atoms with Gasteiger partial charge in [0, 0.05) is 35.7 Å². The van der Waals surface area contributed by atoms with Crippen LogP contribution in [0.1, 0.15) is 45.7 Å². The summed E-state index contributed by atoms with van der Waals surface area (Å²) in [5.41, 5.74) is 0.635. The first-order valence-corrected chi connectivity index (χ1v) is 7.22. The van der Waals surface area contributed by atoms with Crippen LogP contribution < -0.4 is 5.32 Å². The number of hydrogen-bond donors (Lipinski definition) is 2. The molecule has 0 saturated heterocycles. The van der Waals surface area contributed by atoms with Crippen molar-refractivity contribution in [1.82, 2.24) is 5.32 Å². The molecule has 1 aliphatic rings. The first kappa shape index (κ1) is 15.3. The monoisotopic (exact) mass is 281 g/mol. The van der Waals surface area contributed by atoms with Gasteiger partial charge in [-0.2, -0.15) is 0 Å². The molecule has 112 valence electrons. The molecule has 20 heavy (non-hydrogen) atoms. The van der Waals surface area contributed by atoms with Crippen LogP contribution in [0, 0.1) is 11.2 Å². The van der Waals surface area contributed by atoms with Crippen LogP contribution in [0.4, 0.5) is 4.39 Å². The van der Waals surface area contributed by atoms with Crippen molar-refractivity contribution in [1.29, 1.82) is 0 Å². The fourth-order valence-corrected chi connectivity index (χ4v) is 2.91. The molecule has 0 spiro atoms. The Morgan fingerprint density at radius 3 is 2.75 bits per heavy atom. The Labute approximate surface area is 120 Å². The van der Waals surface area contributed by atoms with Gasteiger partial charge in [0.05, 0.1) is 6.10 Å². The lowest BCUT2D eigenvalue weighted by molar-refractivity contribution is -0.116. The quantitative estimate of drug-likeness (QED) is 0.869. The van der Waals surface area contributed by atoms with E-state index in [0.717, 1.165) is 19.1 Å². The second-order valence-electron chi connectivity index (χ2n) is 6.15. The summed E-state index contributed by atoms with van der Waals surface area (Å²) in [5, 5.41) is 12.7. The maximum absolute atomic E-state index is 13.8. The summed E-state index contributed by atoms with van der Waals surface area (Å²) in [4.78, 5) is 0. The van der Waals surface area contributed by atoms with E-state index in [2.05, 4.69) is 19.2 Å². The molecule has 0 aliphatic heterocycles. The maximum atomic E-state index is 13.8. The first-order valence-electron chi connectivity index (χ1n) is 7.22. The second-order valence-corrected chi connectivity index (χ2v) is 6.15. The van der Waals surface area contributed by atoms with Crippen LogP contribution in [-0.4, -0.2) is 23.9 Å². The zero-order valence-corrected chi connectivity index (χ0v) is 12.6. The molecule has 2 N–H and O–H groups in total. The van der Waals surface area contributed by atoms with Crippen molar-refractivity contribution < 1.29 is 14.2 Å². The van der Waals surface area contributed by atoms with E-state index in [-0.39, 0.29) is 29.1 Å². The van der Waals surface area contributed by atoms with Crippen molar-refractivity contribution in [2.45, 2.75) is 52.3 Å². The molecule has 3 nitrogen and oxygen atoms in total. The number of phenols is 1. The predicted octanol–water partition coefficient (Wildman–Crippen LogP) is 3.39. The van der Waals surface area contributed by atoms with Gasteiger partial charge in [-0.3, -0.25) is 0 Å². The lowest BCUT2D eigenvalue weighted by Crippen LogP contribution is -2.61.